The largest absolute Gasteiger partial charge is 0.405 e. The molecular weight excluding hydrogens is 496 g/mol. The third kappa shape index (κ3) is 8.14. The van der Waals surface area contributed by atoms with E-state index < -0.39 is 18.6 Å². The van der Waals surface area contributed by atoms with Crippen LogP contribution in [0.25, 0.3) is 10.9 Å². The number of hydrogen-bond acceptors (Lipinski definition) is 6. The first kappa shape index (κ1) is 29.7. The van der Waals surface area contributed by atoms with E-state index in [9.17, 15) is 18.0 Å². The van der Waals surface area contributed by atoms with E-state index >= 15 is 0 Å². The Hall–Kier alpha value is -2.37. The first-order valence-electron chi connectivity index (χ1n) is 10.4. The molecule has 1 saturated carbocycles. The molecule has 0 unspecified atom stereocenters. The summed E-state index contributed by atoms with van der Waals surface area (Å²) in [5, 5.41) is 17.0. The zero-order valence-corrected chi connectivity index (χ0v) is 20.4. The van der Waals surface area contributed by atoms with Crippen molar-refractivity contribution in [3.8, 4) is 0 Å². The molecular formula is C21H29Cl2F3N6O2. The van der Waals surface area contributed by atoms with Gasteiger partial charge in [-0.05, 0) is 31.9 Å². The third-order valence-electron chi connectivity index (χ3n) is 5.24. The fourth-order valence-corrected chi connectivity index (χ4v) is 3.78. The highest BCUT2D eigenvalue weighted by atomic mass is 35.5. The second-order valence-corrected chi connectivity index (χ2v) is 7.91. The van der Waals surface area contributed by atoms with E-state index in [1.54, 1.807) is 6.07 Å². The summed E-state index contributed by atoms with van der Waals surface area (Å²) in [6, 6.07) is 5.25. The average molecular weight is 525 g/mol. The lowest BCUT2D eigenvalue weighted by molar-refractivity contribution is -0.123. The molecule has 4 N–H and O–H groups in total. The van der Waals surface area contributed by atoms with E-state index in [1.807, 2.05) is 24.4 Å². The summed E-state index contributed by atoms with van der Waals surface area (Å²) in [6.45, 7) is 0.618. The lowest BCUT2D eigenvalue weighted by Gasteiger charge is -2.34. The van der Waals surface area contributed by atoms with E-state index in [0.29, 0.717) is 16.7 Å². The van der Waals surface area contributed by atoms with Gasteiger partial charge in [0.05, 0.1) is 5.52 Å². The molecule has 8 nitrogen and oxygen atoms in total. The number of benzene rings is 1. The Labute approximate surface area is 208 Å². The number of rotatable bonds is 7. The Bertz CT molecular complexity index is 993. The molecule has 0 spiro atoms. The van der Waals surface area contributed by atoms with Crippen LogP contribution < -0.4 is 16.0 Å². The van der Waals surface area contributed by atoms with Crippen LogP contribution in [-0.2, 0) is 4.74 Å². The van der Waals surface area contributed by atoms with Gasteiger partial charge in [0.2, 0.25) is 5.82 Å². The van der Waals surface area contributed by atoms with Gasteiger partial charge in [-0.15, -0.1) is 24.8 Å². The quantitative estimate of drug-likeness (QED) is 0.321. The highest BCUT2D eigenvalue weighted by Gasteiger charge is 2.30. The van der Waals surface area contributed by atoms with Gasteiger partial charge in [-0.25, -0.2) is 9.97 Å². The van der Waals surface area contributed by atoms with Gasteiger partial charge in [-0.2, -0.15) is 13.2 Å². The van der Waals surface area contributed by atoms with Crippen molar-refractivity contribution in [2.45, 2.75) is 50.9 Å². The number of ether oxygens (including phenoxy) is 1. The predicted octanol–water partition coefficient (Wildman–Crippen LogP) is 4.01. The molecule has 1 aromatic carbocycles. The topological polar surface area (TPSA) is 112 Å². The number of methoxy groups -OCH3 is 1. The van der Waals surface area contributed by atoms with Gasteiger partial charge in [-0.1, -0.05) is 24.5 Å². The Balaban J connectivity index is 0.00000289. The van der Waals surface area contributed by atoms with Gasteiger partial charge in [0.15, 0.2) is 0 Å². The number of aryl methyl sites for hydroxylation is 1. The minimum atomic E-state index is -4.53. The maximum Gasteiger partial charge on any atom is 0.405 e. The van der Waals surface area contributed by atoms with Crippen LogP contribution in [0, 0.1) is 12.3 Å². The summed E-state index contributed by atoms with van der Waals surface area (Å²) in [7, 11) is 1.52. The molecule has 0 saturated heterocycles. The molecule has 1 heterocycles. The van der Waals surface area contributed by atoms with Crippen LogP contribution in [-0.4, -0.2) is 60.2 Å². The molecule has 0 radical (unpaired) electrons. The van der Waals surface area contributed by atoms with Gasteiger partial charge in [-0.3, -0.25) is 10.2 Å². The number of amidine groups is 1. The maximum atomic E-state index is 12.5. The van der Waals surface area contributed by atoms with Crippen molar-refractivity contribution >= 4 is 53.3 Å². The Kier molecular flexibility index (Phi) is 11.3. The summed E-state index contributed by atoms with van der Waals surface area (Å²) in [6.07, 6.45) is -0.896. The zero-order chi connectivity index (χ0) is 23.3. The molecule has 1 fully saturated rings. The van der Waals surface area contributed by atoms with Crippen LogP contribution in [0.2, 0.25) is 0 Å². The Morgan fingerprint density at radius 1 is 1.18 bits per heavy atom. The van der Waals surface area contributed by atoms with Crippen molar-refractivity contribution in [2.75, 3.05) is 25.6 Å². The minimum absolute atomic E-state index is 0. The fraction of sp³-hybridized carbons (Fsp3) is 0.524. The summed E-state index contributed by atoms with van der Waals surface area (Å²) < 4.78 is 42.6. The SMILES string of the molecule is COCC(=N)N[C@@H]1CCCC[C@@H]1Nc1nc(C(=O)NCC(F)(F)F)nc2ccc(C)cc12.Cl.Cl. The number of fused-ring (bicyclic) bond motifs is 1. The lowest BCUT2D eigenvalue weighted by Crippen LogP contribution is -2.49. The smallest absolute Gasteiger partial charge is 0.377 e. The second kappa shape index (κ2) is 12.9. The summed E-state index contributed by atoms with van der Waals surface area (Å²) in [5.41, 5.74) is 1.41. The van der Waals surface area contributed by atoms with Crippen LogP contribution in [0.3, 0.4) is 0 Å². The third-order valence-corrected chi connectivity index (χ3v) is 5.24. The van der Waals surface area contributed by atoms with Crippen molar-refractivity contribution in [1.29, 1.82) is 5.41 Å². The molecule has 13 heteroatoms. The number of anilines is 1. The predicted molar refractivity (Wildman–Crippen MR) is 130 cm³/mol. The molecule has 0 aliphatic heterocycles. The Morgan fingerprint density at radius 3 is 2.50 bits per heavy atom. The minimum Gasteiger partial charge on any atom is -0.377 e. The molecule has 34 heavy (non-hydrogen) atoms. The molecule has 1 aliphatic rings. The number of alkyl halides is 3. The number of nitrogens with one attached hydrogen (secondary N) is 4. The van der Waals surface area contributed by atoms with E-state index in [2.05, 4.69) is 20.6 Å². The molecule has 1 aliphatic carbocycles. The van der Waals surface area contributed by atoms with Crippen LogP contribution in [0.1, 0.15) is 41.9 Å². The number of amides is 1. The number of hydrogen-bond donors (Lipinski definition) is 4. The lowest BCUT2D eigenvalue weighted by atomic mass is 9.90. The maximum absolute atomic E-state index is 12.5. The summed E-state index contributed by atoms with van der Waals surface area (Å²) in [4.78, 5) is 20.8. The van der Waals surface area contributed by atoms with Crippen LogP contribution in [0.5, 0.6) is 0 Å². The van der Waals surface area contributed by atoms with E-state index in [-0.39, 0.29) is 55.2 Å². The zero-order valence-electron chi connectivity index (χ0n) is 18.8. The number of carbonyl (C=O) groups is 1. The second-order valence-electron chi connectivity index (χ2n) is 7.91. The highest BCUT2D eigenvalue weighted by Crippen LogP contribution is 2.27. The highest BCUT2D eigenvalue weighted by molar-refractivity contribution is 5.96. The van der Waals surface area contributed by atoms with Crippen molar-refractivity contribution < 1.29 is 22.7 Å². The van der Waals surface area contributed by atoms with E-state index in [1.165, 1.54) is 7.11 Å². The molecule has 1 aromatic heterocycles. The summed E-state index contributed by atoms with van der Waals surface area (Å²) >= 11 is 0. The Morgan fingerprint density at radius 2 is 1.85 bits per heavy atom. The van der Waals surface area contributed by atoms with Crippen molar-refractivity contribution in [1.82, 2.24) is 20.6 Å². The van der Waals surface area contributed by atoms with Crippen molar-refractivity contribution in [2.24, 2.45) is 0 Å². The molecule has 190 valence electrons. The number of nitrogens with zero attached hydrogens (tertiary/aromatic N) is 2. The van der Waals surface area contributed by atoms with Gasteiger partial charge in [0.1, 0.15) is 24.8 Å². The van der Waals surface area contributed by atoms with Gasteiger partial charge in [0.25, 0.3) is 5.91 Å². The number of carbonyl (C=O) groups excluding carboxylic acids is 1. The first-order chi connectivity index (χ1) is 15.2. The first-order valence-corrected chi connectivity index (χ1v) is 10.4. The van der Waals surface area contributed by atoms with Gasteiger partial charge >= 0.3 is 6.18 Å². The average Bonchev–Trinajstić information content (AvgIpc) is 2.73. The van der Waals surface area contributed by atoms with Crippen LogP contribution >= 0.6 is 24.8 Å². The van der Waals surface area contributed by atoms with Crippen LogP contribution in [0.15, 0.2) is 18.2 Å². The van der Waals surface area contributed by atoms with Gasteiger partial charge < -0.3 is 20.7 Å². The normalized spacial score (nSPS) is 17.8. The van der Waals surface area contributed by atoms with E-state index in [4.69, 9.17) is 10.1 Å². The molecule has 2 aromatic rings. The van der Waals surface area contributed by atoms with Crippen LogP contribution in [0.4, 0.5) is 19.0 Å². The number of aromatic nitrogens is 2. The standard InChI is InChI=1S/C21H27F3N6O2.2ClH/c1-12-7-8-14-13(9-12)18(30-19(28-14)20(31)26-11-21(22,23)24)29-16-6-4-3-5-15(16)27-17(25)10-32-2;;/h7-9,15-16H,3-6,10-11H2,1-2H3,(H2,25,27)(H,26,31)(H,28,29,30);2*1H/t15-,16+;;/m1../s1. The number of halogens is 5. The summed E-state index contributed by atoms with van der Waals surface area (Å²) in [5.74, 6) is -0.678. The molecule has 3 rings (SSSR count). The molecule has 1 amide bonds. The molecule has 2 atom stereocenters. The fourth-order valence-electron chi connectivity index (χ4n) is 3.78. The van der Waals surface area contributed by atoms with Crippen molar-refractivity contribution in [3.05, 3.63) is 29.6 Å². The van der Waals surface area contributed by atoms with Gasteiger partial charge in [0, 0.05) is 24.6 Å². The van der Waals surface area contributed by atoms with E-state index in [0.717, 1.165) is 31.2 Å². The molecule has 0 bridgehead atoms. The van der Waals surface area contributed by atoms with Crippen molar-refractivity contribution in [3.63, 3.8) is 0 Å². The monoisotopic (exact) mass is 524 g/mol.